The van der Waals surface area contributed by atoms with Gasteiger partial charge >= 0.3 is 0 Å². The highest BCUT2D eigenvalue weighted by molar-refractivity contribution is 6.00. The van der Waals surface area contributed by atoms with E-state index < -0.39 is 0 Å². The van der Waals surface area contributed by atoms with Crippen LogP contribution in [-0.4, -0.2) is 18.4 Å². The predicted molar refractivity (Wildman–Crippen MR) is 102 cm³/mol. The first-order chi connectivity index (χ1) is 13.3. The molecule has 0 amide bonds. The molecule has 0 atom stereocenters. The third-order valence-electron chi connectivity index (χ3n) is 4.31. The molecule has 5 heteroatoms. The molecule has 0 unspecified atom stereocenters. The molecule has 0 aliphatic heterocycles. The minimum atomic E-state index is 0.207. The number of rotatable bonds is 6. The minimum Gasteiger partial charge on any atom is -0.497 e. The molecule has 4 aromatic rings. The summed E-state index contributed by atoms with van der Waals surface area (Å²) in [5.41, 5.74) is 2.03. The zero-order valence-corrected chi connectivity index (χ0v) is 14.7. The Labute approximate surface area is 156 Å². The van der Waals surface area contributed by atoms with Crippen molar-refractivity contribution >= 4 is 17.1 Å². The smallest absolute Gasteiger partial charge is 0.226 e. The first-order valence-electron chi connectivity index (χ1n) is 8.47. The lowest BCUT2D eigenvalue weighted by Gasteiger charge is -2.09. The van der Waals surface area contributed by atoms with Gasteiger partial charge in [-0.1, -0.05) is 30.3 Å². The Bertz CT molecular complexity index is 1080. The van der Waals surface area contributed by atoms with E-state index in [1.807, 2.05) is 54.6 Å². The average molecular weight is 359 g/mol. The second kappa shape index (κ2) is 7.33. The fraction of sp³-hybridized carbons (Fsp3) is 0.0909. The van der Waals surface area contributed by atoms with Gasteiger partial charge in [0.05, 0.1) is 12.7 Å². The highest BCUT2D eigenvalue weighted by Gasteiger charge is 2.11. The number of nitrogens with zero attached hydrogens (tertiary/aromatic N) is 1. The van der Waals surface area contributed by atoms with E-state index in [9.17, 15) is 4.79 Å². The van der Waals surface area contributed by atoms with Gasteiger partial charge in [0.25, 0.3) is 0 Å². The summed E-state index contributed by atoms with van der Waals surface area (Å²) in [5, 5.41) is 1.86. The van der Waals surface area contributed by atoms with E-state index in [1.54, 1.807) is 19.4 Å². The highest BCUT2D eigenvalue weighted by Crippen LogP contribution is 2.28. The van der Waals surface area contributed by atoms with Gasteiger partial charge in [-0.2, -0.15) is 0 Å². The Morgan fingerprint density at radius 1 is 1.04 bits per heavy atom. The number of ether oxygens (including phenoxy) is 2. The normalized spacial score (nSPS) is 10.7. The quantitative estimate of drug-likeness (QED) is 0.459. The van der Waals surface area contributed by atoms with Crippen LogP contribution in [0.5, 0.6) is 11.5 Å². The molecule has 0 saturated carbocycles. The van der Waals surface area contributed by atoms with Gasteiger partial charge in [-0.15, -0.1) is 0 Å². The fourth-order valence-electron chi connectivity index (χ4n) is 2.91. The maximum Gasteiger partial charge on any atom is 0.226 e. The topological polar surface area (TPSA) is 61.6 Å². The summed E-state index contributed by atoms with van der Waals surface area (Å²) >= 11 is 0. The van der Waals surface area contributed by atoms with Crippen molar-refractivity contribution in [3.05, 3.63) is 78.2 Å². The molecule has 0 bridgehead atoms. The molecule has 0 spiro atoms. The van der Waals surface area contributed by atoms with Crippen molar-refractivity contribution in [3.8, 4) is 23.0 Å². The summed E-state index contributed by atoms with van der Waals surface area (Å²) in [5.74, 6) is 1.80. The number of methoxy groups -OCH3 is 1. The average Bonchev–Trinajstić information content (AvgIpc) is 3.21. The number of aromatic nitrogens is 1. The van der Waals surface area contributed by atoms with Crippen molar-refractivity contribution < 1.29 is 18.7 Å². The van der Waals surface area contributed by atoms with Gasteiger partial charge in [0, 0.05) is 5.56 Å². The highest BCUT2D eigenvalue weighted by atomic mass is 16.5. The molecular weight excluding hydrogens is 342 g/mol. The number of carbonyl (C=O) groups excluding carboxylic acids is 1. The number of aldehydes is 1. The molecule has 0 aliphatic carbocycles. The van der Waals surface area contributed by atoms with E-state index >= 15 is 0 Å². The minimum absolute atomic E-state index is 0.207. The number of fused-ring (bicyclic) bond motifs is 1. The fourth-order valence-corrected chi connectivity index (χ4v) is 2.91. The molecule has 27 heavy (non-hydrogen) atoms. The molecule has 3 aromatic carbocycles. The molecular formula is C22H17NO4. The lowest BCUT2D eigenvalue weighted by atomic mass is 10.0. The van der Waals surface area contributed by atoms with Crippen LogP contribution in [0.1, 0.15) is 16.1 Å². The maximum atomic E-state index is 11.6. The van der Waals surface area contributed by atoms with Crippen molar-refractivity contribution in [2.75, 3.05) is 7.11 Å². The van der Waals surface area contributed by atoms with Crippen LogP contribution in [-0.2, 0) is 6.61 Å². The van der Waals surface area contributed by atoms with Crippen LogP contribution in [0.25, 0.3) is 22.2 Å². The van der Waals surface area contributed by atoms with Crippen molar-refractivity contribution in [2.45, 2.75) is 6.61 Å². The Kier molecular flexibility index (Phi) is 4.58. The molecule has 134 valence electrons. The van der Waals surface area contributed by atoms with Gasteiger partial charge in [0.15, 0.2) is 6.29 Å². The standard InChI is InChI=1S/C22H17NO4/c1-25-18-9-6-16(7-10-18)22-23-17(14-27-22)13-26-21-11-8-15-4-2-3-5-19(15)20(21)12-24/h2-12,14H,13H2,1H3. The first kappa shape index (κ1) is 16.8. The number of carbonyl (C=O) groups is 1. The summed E-state index contributed by atoms with van der Waals surface area (Å²) in [7, 11) is 1.62. The van der Waals surface area contributed by atoms with Crippen LogP contribution in [0.4, 0.5) is 0 Å². The molecule has 4 rings (SSSR count). The third-order valence-corrected chi connectivity index (χ3v) is 4.31. The second-order valence-corrected chi connectivity index (χ2v) is 5.98. The van der Waals surface area contributed by atoms with E-state index in [1.165, 1.54) is 0 Å². The molecule has 5 nitrogen and oxygen atoms in total. The number of hydrogen-bond donors (Lipinski definition) is 0. The molecule has 0 N–H and O–H groups in total. The van der Waals surface area contributed by atoms with Gasteiger partial charge in [-0.25, -0.2) is 4.98 Å². The lowest BCUT2D eigenvalue weighted by Crippen LogP contribution is -1.99. The summed E-state index contributed by atoms with van der Waals surface area (Å²) in [6.45, 7) is 0.207. The molecule has 0 radical (unpaired) electrons. The van der Waals surface area contributed by atoms with Crippen molar-refractivity contribution in [1.29, 1.82) is 0 Å². The maximum absolute atomic E-state index is 11.6. The van der Waals surface area contributed by atoms with E-state index in [0.29, 0.717) is 22.9 Å². The molecule has 0 saturated heterocycles. The zero-order valence-electron chi connectivity index (χ0n) is 14.7. The van der Waals surface area contributed by atoms with Crippen molar-refractivity contribution in [2.24, 2.45) is 0 Å². The van der Waals surface area contributed by atoms with Crippen LogP contribution in [0.2, 0.25) is 0 Å². The van der Waals surface area contributed by atoms with Crippen molar-refractivity contribution in [1.82, 2.24) is 4.98 Å². The Morgan fingerprint density at radius 2 is 1.85 bits per heavy atom. The monoisotopic (exact) mass is 359 g/mol. The van der Waals surface area contributed by atoms with Gasteiger partial charge in [-0.05, 0) is 41.1 Å². The molecule has 1 aromatic heterocycles. The number of benzene rings is 3. The second-order valence-electron chi connectivity index (χ2n) is 5.98. The zero-order chi connectivity index (χ0) is 18.6. The number of oxazole rings is 1. The lowest BCUT2D eigenvalue weighted by molar-refractivity contribution is 0.112. The van der Waals surface area contributed by atoms with Crippen LogP contribution in [0.3, 0.4) is 0 Å². The van der Waals surface area contributed by atoms with E-state index in [2.05, 4.69) is 4.98 Å². The van der Waals surface area contributed by atoms with Crippen LogP contribution < -0.4 is 9.47 Å². The Hall–Kier alpha value is -3.60. The van der Waals surface area contributed by atoms with Crippen LogP contribution >= 0.6 is 0 Å². The predicted octanol–water partition coefficient (Wildman–Crippen LogP) is 4.89. The SMILES string of the molecule is COc1ccc(-c2nc(COc3ccc4ccccc4c3C=O)co2)cc1. The van der Waals surface area contributed by atoms with E-state index in [-0.39, 0.29) is 6.61 Å². The molecule has 1 heterocycles. The molecule has 0 aliphatic rings. The third kappa shape index (κ3) is 3.40. The summed E-state index contributed by atoms with van der Waals surface area (Å²) in [6.07, 6.45) is 2.38. The summed E-state index contributed by atoms with van der Waals surface area (Å²) in [6, 6.07) is 18.9. The van der Waals surface area contributed by atoms with E-state index in [0.717, 1.165) is 28.4 Å². The van der Waals surface area contributed by atoms with Crippen LogP contribution in [0.15, 0.2) is 71.3 Å². The first-order valence-corrected chi connectivity index (χ1v) is 8.47. The largest absolute Gasteiger partial charge is 0.497 e. The molecule has 0 fully saturated rings. The summed E-state index contributed by atoms with van der Waals surface area (Å²) < 4.78 is 16.5. The Balaban J connectivity index is 1.53. The summed E-state index contributed by atoms with van der Waals surface area (Å²) in [4.78, 5) is 16.0. The van der Waals surface area contributed by atoms with E-state index in [4.69, 9.17) is 13.9 Å². The van der Waals surface area contributed by atoms with Gasteiger partial charge in [-0.3, -0.25) is 4.79 Å². The Morgan fingerprint density at radius 3 is 2.63 bits per heavy atom. The van der Waals surface area contributed by atoms with Gasteiger partial charge < -0.3 is 13.9 Å². The van der Waals surface area contributed by atoms with Crippen molar-refractivity contribution in [3.63, 3.8) is 0 Å². The van der Waals surface area contributed by atoms with Gasteiger partial charge in [0.2, 0.25) is 5.89 Å². The number of hydrogen-bond acceptors (Lipinski definition) is 5. The van der Waals surface area contributed by atoms with Gasteiger partial charge in [0.1, 0.15) is 30.1 Å². The van der Waals surface area contributed by atoms with Crippen LogP contribution in [0, 0.1) is 0 Å².